The molecule has 0 fully saturated rings. The molecule has 0 saturated heterocycles. The topological polar surface area (TPSA) is 75.4 Å². The Morgan fingerprint density at radius 3 is 3.13 bits per heavy atom. The smallest absolute Gasteiger partial charge is 0.322 e. The highest BCUT2D eigenvalue weighted by molar-refractivity contribution is 5.89. The number of nitrogens with zero attached hydrogens (tertiary/aromatic N) is 1. The van der Waals surface area contributed by atoms with Gasteiger partial charge in [-0.15, -0.1) is 0 Å². The van der Waals surface area contributed by atoms with E-state index in [9.17, 15) is 4.79 Å². The first-order chi connectivity index (χ1) is 7.16. The number of aliphatic carboxylic acids is 1. The Hall–Kier alpha value is -2.04. The van der Waals surface area contributed by atoms with Crippen LogP contribution in [0.3, 0.4) is 0 Å². The first-order valence-corrected chi connectivity index (χ1v) is 4.48. The summed E-state index contributed by atoms with van der Waals surface area (Å²) in [4.78, 5) is 10.4. The third-order valence-corrected chi connectivity index (χ3v) is 2.03. The predicted octanol–water partition coefficient (Wildman–Crippen LogP) is 1.63. The molecule has 0 radical (unpaired) electrons. The van der Waals surface area contributed by atoms with E-state index < -0.39 is 5.97 Å². The van der Waals surface area contributed by atoms with Crippen molar-refractivity contribution in [1.82, 2.24) is 5.16 Å². The van der Waals surface area contributed by atoms with Gasteiger partial charge in [0.2, 0.25) is 0 Å². The fraction of sp³-hybridized carbons (Fsp3) is 0.200. The summed E-state index contributed by atoms with van der Waals surface area (Å²) < 4.78 is 5.06. The quantitative estimate of drug-likeness (QED) is 0.798. The Labute approximate surface area is 85.7 Å². The lowest BCUT2D eigenvalue weighted by Gasteiger charge is -1.97. The lowest BCUT2D eigenvalue weighted by atomic mass is 10.2. The van der Waals surface area contributed by atoms with Crippen molar-refractivity contribution >= 4 is 22.8 Å². The molecule has 5 nitrogen and oxygen atoms in total. The van der Waals surface area contributed by atoms with E-state index in [0.29, 0.717) is 11.4 Å². The summed E-state index contributed by atoms with van der Waals surface area (Å²) in [6.45, 7) is 1.78. The normalized spacial score (nSPS) is 10.5. The third kappa shape index (κ3) is 1.90. The maximum Gasteiger partial charge on any atom is 0.322 e. The molecule has 0 aliphatic carbocycles. The van der Waals surface area contributed by atoms with Crippen molar-refractivity contribution < 1.29 is 14.4 Å². The van der Waals surface area contributed by atoms with Gasteiger partial charge in [-0.05, 0) is 24.6 Å². The highest BCUT2D eigenvalue weighted by atomic mass is 16.5. The molecule has 15 heavy (non-hydrogen) atoms. The fourth-order valence-corrected chi connectivity index (χ4v) is 1.33. The summed E-state index contributed by atoms with van der Waals surface area (Å²) in [5, 5.41) is 15.7. The maximum absolute atomic E-state index is 10.4. The zero-order valence-corrected chi connectivity index (χ0v) is 8.15. The van der Waals surface area contributed by atoms with Crippen molar-refractivity contribution in [1.29, 1.82) is 0 Å². The van der Waals surface area contributed by atoms with E-state index in [1.165, 1.54) is 0 Å². The van der Waals surface area contributed by atoms with Crippen molar-refractivity contribution in [3.05, 3.63) is 23.8 Å². The molecular weight excluding hydrogens is 196 g/mol. The first-order valence-electron chi connectivity index (χ1n) is 4.48. The number of carboxylic acids is 1. The second kappa shape index (κ2) is 3.61. The molecule has 0 atom stereocenters. The standard InChI is InChI=1S/C10H10N2O3/c1-6-2-3-7-8(4-6)15-12-10(7)11-5-9(13)14/h2-4H,5H2,1H3,(H,11,12)(H,13,14). The van der Waals surface area contributed by atoms with E-state index in [4.69, 9.17) is 9.63 Å². The van der Waals surface area contributed by atoms with Crippen LogP contribution in [0.2, 0.25) is 0 Å². The van der Waals surface area contributed by atoms with Crippen molar-refractivity contribution in [2.75, 3.05) is 11.9 Å². The monoisotopic (exact) mass is 206 g/mol. The molecule has 1 aromatic heterocycles. The van der Waals surface area contributed by atoms with E-state index >= 15 is 0 Å². The molecule has 0 spiro atoms. The molecule has 0 unspecified atom stereocenters. The third-order valence-electron chi connectivity index (χ3n) is 2.03. The molecule has 2 aromatic rings. The van der Waals surface area contributed by atoms with Crippen LogP contribution in [-0.4, -0.2) is 22.8 Å². The molecule has 0 saturated carbocycles. The number of carboxylic acid groups (broad SMARTS) is 1. The van der Waals surface area contributed by atoms with Crippen molar-refractivity contribution in [3.63, 3.8) is 0 Å². The van der Waals surface area contributed by atoms with Gasteiger partial charge >= 0.3 is 5.97 Å². The van der Waals surface area contributed by atoms with Gasteiger partial charge in [0, 0.05) is 0 Å². The highest BCUT2D eigenvalue weighted by Gasteiger charge is 2.08. The molecule has 2 rings (SSSR count). The van der Waals surface area contributed by atoms with Crippen LogP contribution in [0.5, 0.6) is 0 Å². The summed E-state index contributed by atoms with van der Waals surface area (Å²) >= 11 is 0. The SMILES string of the molecule is Cc1ccc2c(NCC(=O)O)noc2c1. The number of fused-ring (bicyclic) bond motifs is 1. The van der Waals surface area contributed by atoms with Crippen LogP contribution in [-0.2, 0) is 4.79 Å². The van der Waals surface area contributed by atoms with E-state index in [0.717, 1.165) is 10.9 Å². The average Bonchev–Trinajstić information content (AvgIpc) is 2.57. The van der Waals surface area contributed by atoms with Crippen LogP contribution in [0.25, 0.3) is 11.0 Å². The van der Waals surface area contributed by atoms with E-state index in [2.05, 4.69) is 10.5 Å². The molecule has 78 valence electrons. The number of hydrogen-bond acceptors (Lipinski definition) is 4. The summed E-state index contributed by atoms with van der Waals surface area (Å²) in [6.07, 6.45) is 0. The minimum absolute atomic E-state index is 0.171. The van der Waals surface area contributed by atoms with E-state index in [1.807, 2.05) is 25.1 Å². The van der Waals surface area contributed by atoms with Gasteiger partial charge in [-0.2, -0.15) is 0 Å². The predicted molar refractivity (Wildman–Crippen MR) is 54.9 cm³/mol. The Balaban J connectivity index is 2.32. The Bertz CT molecular complexity index is 504. The Morgan fingerprint density at radius 1 is 1.60 bits per heavy atom. The molecular formula is C10H10N2O3. The number of hydrogen-bond donors (Lipinski definition) is 2. The van der Waals surface area contributed by atoms with Crippen LogP contribution in [0.1, 0.15) is 5.56 Å². The number of nitrogens with one attached hydrogen (secondary N) is 1. The summed E-state index contributed by atoms with van der Waals surface area (Å²) in [7, 11) is 0. The number of aromatic nitrogens is 1. The zero-order chi connectivity index (χ0) is 10.8. The molecule has 2 N–H and O–H groups in total. The summed E-state index contributed by atoms with van der Waals surface area (Å²) in [5.41, 5.74) is 1.73. The molecule has 0 bridgehead atoms. The van der Waals surface area contributed by atoms with Gasteiger partial charge in [0.05, 0.1) is 5.39 Å². The molecule has 0 amide bonds. The lowest BCUT2D eigenvalue weighted by molar-refractivity contribution is -0.134. The van der Waals surface area contributed by atoms with Crippen molar-refractivity contribution in [2.24, 2.45) is 0 Å². The van der Waals surface area contributed by atoms with Crippen LogP contribution in [0, 0.1) is 6.92 Å². The fourth-order valence-electron chi connectivity index (χ4n) is 1.33. The lowest BCUT2D eigenvalue weighted by Crippen LogP contribution is -2.12. The van der Waals surface area contributed by atoms with Crippen LogP contribution >= 0.6 is 0 Å². The largest absolute Gasteiger partial charge is 0.480 e. The molecule has 5 heteroatoms. The second-order valence-corrected chi connectivity index (χ2v) is 3.28. The summed E-state index contributed by atoms with van der Waals surface area (Å²) in [5.74, 6) is -0.467. The number of anilines is 1. The van der Waals surface area contributed by atoms with E-state index in [1.54, 1.807) is 0 Å². The minimum Gasteiger partial charge on any atom is -0.480 e. The zero-order valence-electron chi connectivity index (χ0n) is 8.15. The Morgan fingerprint density at radius 2 is 2.40 bits per heavy atom. The van der Waals surface area contributed by atoms with Gasteiger partial charge in [-0.1, -0.05) is 11.2 Å². The van der Waals surface area contributed by atoms with Crippen LogP contribution in [0.15, 0.2) is 22.7 Å². The number of carbonyl (C=O) groups is 1. The first kappa shape index (κ1) is 9.51. The Kier molecular flexibility index (Phi) is 2.29. The minimum atomic E-state index is -0.932. The molecule has 1 aromatic carbocycles. The highest BCUT2D eigenvalue weighted by Crippen LogP contribution is 2.23. The van der Waals surface area contributed by atoms with Gasteiger partial charge in [-0.25, -0.2) is 0 Å². The average molecular weight is 206 g/mol. The molecule has 0 aliphatic rings. The molecule has 0 aliphatic heterocycles. The van der Waals surface area contributed by atoms with Gasteiger partial charge in [0.15, 0.2) is 11.4 Å². The van der Waals surface area contributed by atoms with Gasteiger partial charge in [-0.3, -0.25) is 4.79 Å². The van der Waals surface area contributed by atoms with Crippen molar-refractivity contribution in [3.8, 4) is 0 Å². The van der Waals surface area contributed by atoms with Crippen LogP contribution in [0.4, 0.5) is 5.82 Å². The van der Waals surface area contributed by atoms with Crippen LogP contribution < -0.4 is 5.32 Å². The summed E-state index contributed by atoms with van der Waals surface area (Å²) in [6, 6.07) is 5.63. The number of benzene rings is 1. The number of aryl methyl sites for hydroxylation is 1. The van der Waals surface area contributed by atoms with Crippen molar-refractivity contribution in [2.45, 2.75) is 6.92 Å². The molecule has 1 heterocycles. The van der Waals surface area contributed by atoms with Gasteiger partial charge < -0.3 is 14.9 Å². The van der Waals surface area contributed by atoms with Gasteiger partial charge in [0.1, 0.15) is 6.54 Å². The van der Waals surface area contributed by atoms with E-state index in [-0.39, 0.29) is 6.54 Å². The maximum atomic E-state index is 10.4. The number of rotatable bonds is 3. The van der Waals surface area contributed by atoms with Gasteiger partial charge in [0.25, 0.3) is 0 Å². The second-order valence-electron chi connectivity index (χ2n) is 3.28.